The first-order chi connectivity index (χ1) is 9.15. The van der Waals surface area contributed by atoms with Crippen molar-refractivity contribution in [1.29, 1.82) is 0 Å². The third kappa shape index (κ3) is 3.64. The third-order valence-electron chi connectivity index (χ3n) is 2.28. The van der Waals surface area contributed by atoms with E-state index >= 15 is 0 Å². The number of para-hydroxylation sites is 1. The zero-order valence-corrected chi connectivity index (χ0v) is 9.92. The van der Waals surface area contributed by atoms with E-state index < -0.39 is 11.9 Å². The Hall–Kier alpha value is -2.69. The number of amides is 1. The molecule has 0 saturated carbocycles. The summed E-state index contributed by atoms with van der Waals surface area (Å²) < 4.78 is 17.9. The second kappa shape index (κ2) is 5.77. The number of nitrogens with two attached hydrogens (primary N) is 1. The Balaban J connectivity index is 2.10. The fraction of sp³-hybridized carbons (Fsp3) is 0. The lowest BCUT2D eigenvalue weighted by molar-refractivity contribution is 0.211. The molecule has 96 valence electrons. The molecule has 2 rings (SSSR count). The number of amidine groups is 1. The van der Waals surface area contributed by atoms with Crippen LogP contribution < -0.4 is 10.5 Å². The molecule has 0 spiro atoms. The number of hydrogen-bond acceptors (Lipinski definition) is 2. The first kappa shape index (κ1) is 12.8. The Kier molecular flexibility index (Phi) is 3.87. The van der Waals surface area contributed by atoms with Crippen molar-refractivity contribution in [3.8, 4) is 5.75 Å². The third-order valence-corrected chi connectivity index (χ3v) is 2.28. The fourth-order valence-electron chi connectivity index (χ4n) is 1.42. The van der Waals surface area contributed by atoms with Gasteiger partial charge in [0.05, 0.1) is 0 Å². The number of nitrogens with zero attached hydrogens (tertiary/aromatic N) is 1. The van der Waals surface area contributed by atoms with Crippen molar-refractivity contribution in [2.45, 2.75) is 0 Å². The van der Waals surface area contributed by atoms with E-state index in [0.717, 1.165) is 0 Å². The molecule has 0 fully saturated rings. The van der Waals surface area contributed by atoms with Crippen LogP contribution in [-0.2, 0) is 0 Å². The first-order valence-electron chi connectivity index (χ1n) is 5.52. The summed E-state index contributed by atoms with van der Waals surface area (Å²) in [5.74, 6) is -0.184. The normalized spacial score (nSPS) is 11.1. The Labute approximate surface area is 109 Å². The fourth-order valence-corrected chi connectivity index (χ4v) is 1.42. The van der Waals surface area contributed by atoms with Gasteiger partial charge in [0.25, 0.3) is 0 Å². The quantitative estimate of drug-likeness (QED) is 0.665. The summed E-state index contributed by atoms with van der Waals surface area (Å²) in [6.07, 6.45) is -0.854. The second-order valence-corrected chi connectivity index (χ2v) is 3.69. The van der Waals surface area contributed by atoms with Crippen molar-refractivity contribution in [3.05, 3.63) is 66.0 Å². The molecule has 4 nitrogen and oxygen atoms in total. The average molecular weight is 258 g/mol. The smallest absolute Gasteiger partial charge is 0.409 e. The molecule has 2 aromatic carbocycles. The number of carbonyl (C=O) groups excluding carboxylic acids is 1. The van der Waals surface area contributed by atoms with Gasteiger partial charge in [0, 0.05) is 5.56 Å². The lowest BCUT2D eigenvalue weighted by atomic mass is 10.2. The molecule has 2 aromatic rings. The zero-order valence-electron chi connectivity index (χ0n) is 9.92. The summed E-state index contributed by atoms with van der Waals surface area (Å²) >= 11 is 0. The molecule has 1 amide bonds. The van der Waals surface area contributed by atoms with Crippen LogP contribution in [0.15, 0.2) is 59.6 Å². The summed E-state index contributed by atoms with van der Waals surface area (Å²) in [5, 5.41) is 0. The summed E-state index contributed by atoms with van der Waals surface area (Å²) in [5.41, 5.74) is 5.93. The van der Waals surface area contributed by atoms with E-state index in [1.54, 1.807) is 36.4 Å². The van der Waals surface area contributed by atoms with Crippen molar-refractivity contribution in [3.63, 3.8) is 0 Å². The highest BCUT2D eigenvalue weighted by atomic mass is 19.1. The van der Waals surface area contributed by atoms with E-state index in [1.165, 1.54) is 18.2 Å². The topological polar surface area (TPSA) is 64.7 Å². The van der Waals surface area contributed by atoms with Gasteiger partial charge in [0.15, 0.2) is 0 Å². The van der Waals surface area contributed by atoms with E-state index in [4.69, 9.17) is 10.5 Å². The molecule has 5 heteroatoms. The summed E-state index contributed by atoms with van der Waals surface area (Å²) in [6, 6.07) is 14.0. The van der Waals surface area contributed by atoms with Gasteiger partial charge in [-0.15, -0.1) is 0 Å². The van der Waals surface area contributed by atoms with Gasteiger partial charge in [0.2, 0.25) is 0 Å². The Morgan fingerprint density at radius 3 is 2.53 bits per heavy atom. The minimum absolute atomic E-state index is 0.0968. The molecule has 0 unspecified atom stereocenters. The van der Waals surface area contributed by atoms with Crippen LogP contribution in [0.3, 0.4) is 0 Å². The highest BCUT2D eigenvalue weighted by Crippen LogP contribution is 2.09. The molecule has 0 radical (unpaired) electrons. The van der Waals surface area contributed by atoms with Crippen molar-refractivity contribution in [2.75, 3.05) is 0 Å². The number of hydrogen-bond donors (Lipinski definition) is 1. The summed E-state index contributed by atoms with van der Waals surface area (Å²) in [4.78, 5) is 15.0. The van der Waals surface area contributed by atoms with Crippen LogP contribution >= 0.6 is 0 Å². The van der Waals surface area contributed by atoms with Crippen LogP contribution in [0.5, 0.6) is 5.75 Å². The number of carbonyl (C=O) groups is 1. The number of halogens is 1. The number of aliphatic imine (C=N–C) groups is 1. The first-order valence-corrected chi connectivity index (χ1v) is 5.52. The van der Waals surface area contributed by atoms with Gasteiger partial charge in [-0.1, -0.05) is 30.3 Å². The number of ether oxygens (including phenoxy) is 1. The SMILES string of the molecule is NC(=NC(=O)Oc1ccccc1)c1cccc(F)c1. The number of benzene rings is 2. The average Bonchev–Trinajstić information content (AvgIpc) is 2.39. The summed E-state index contributed by atoms with van der Waals surface area (Å²) in [7, 11) is 0. The van der Waals surface area contributed by atoms with E-state index in [9.17, 15) is 9.18 Å². The standard InChI is InChI=1S/C14H11FN2O2/c15-11-6-4-5-10(9-11)13(16)17-14(18)19-12-7-2-1-3-8-12/h1-9H,(H2,16,17,18). The van der Waals surface area contributed by atoms with E-state index in [1.807, 2.05) is 0 Å². The molecule has 0 aliphatic rings. The monoisotopic (exact) mass is 258 g/mol. The van der Waals surface area contributed by atoms with Crippen LogP contribution in [0.2, 0.25) is 0 Å². The minimum atomic E-state index is -0.854. The molecular weight excluding hydrogens is 247 g/mol. The highest BCUT2D eigenvalue weighted by Gasteiger charge is 2.06. The lowest BCUT2D eigenvalue weighted by Gasteiger charge is -2.02. The molecule has 0 bridgehead atoms. The van der Waals surface area contributed by atoms with Crippen molar-refractivity contribution < 1.29 is 13.9 Å². The van der Waals surface area contributed by atoms with Crippen molar-refractivity contribution in [1.82, 2.24) is 0 Å². The van der Waals surface area contributed by atoms with Crippen LogP contribution in [0.25, 0.3) is 0 Å². The molecule has 0 heterocycles. The Bertz CT molecular complexity index is 612. The predicted molar refractivity (Wildman–Crippen MR) is 69.6 cm³/mol. The summed E-state index contributed by atoms with van der Waals surface area (Å²) in [6.45, 7) is 0. The van der Waals surface area contributed by atoms with E-state index in [-0.39, 0.29) is 5.84 Å². The Morgan fingerprint density at radius 2 is 1.84 bits per heavy atom. The molecule has 0 aliphatic heterocycles. The maximum absolute atomic E-state index is 13.0. The molecule has 0 aromatic heterocycles. The van der Waals surface area contributed by atoms with Gasteiger partial charge in [-0.05, 0) is 24.3 Å². The highest BCUT2D eigenvalue weighted by molar-refractivity contribution is 6.02. The predicted octanol–water partition coefficient (Wildman–Crippen LogP) is 2.73. The zero-order chi connectivity index (χ0) is 13.7. The molecule has 0 saturated heterocycles. The molecule has 2 N–H and O–H groups in total. The second-order valence-electron chi connectivity index (χ2n) is 3.69. The maximum atomic E-state index is 13.0. The van der Waals surface area contributed by atoms with E-state index in [0.29, 0.717) is 11.3 Å². The van der Waals surface area contributed by atoms with Gasteiger partial charge in [0.1, 0.15) is 17.4 Å². The van der Waals surface area contributed by atoms with Crippen LogP contribution in [0.1, 0.15) is 5.56 Å². The van der Waals surface area contributed by atoms with Gasteiger partial charge in [-0.3, -0.25) is 0 Å². The lowest BCUT2D eigenvalue weighted by Crippen LogP contribution is -2.17. The Morgan fingerprint density at radius 1 is 1.11 bits per heavy atom. The van der Waals surface area contributed by atoms with Crippen LogP contribution in [0.4, 0.5) is 9.18 Å². The molecule has 0 atom stereocenters. The van der Waals surface area contributed by atoms with Gasteiger partial charge < -0.3 is 10.5 Å². The van der Waals surface area contributed by atoms with Gasteiger partial charge in [-0.25, -0.2) is 9.18 Å². The molecule has 0 aliphatic carbocycles. The number of rotatable bonds is 2. The van der Waals surface area contributed by atoms with Crippen LogP contribution in [-0.4, -0.2) is 11.9 Å². The molecule has 19 heavy (non-hydrogen) atoms. The van der Waals surface area contributed by atoms with Crippen molar-refractivity contribution >= 4 is 11.9 Å². The van der Waals surface area contributed by atoms with Gasteiger partial charge >= 0.3 is 6.09 Å². The van der Waals surface area contributed by atoms with Crippen molar-refractivity contribution in [2.24, 2.45) is 10.7 Å². The minimum Gasteiger partial charge on any atom is -0.409 e. The molecular formula is C14H11FN2O2. The largest absolute Gasteiger partial charge is 0.441 e. The van der Waals surface area contributed by atoms with E-state index in [2.05, 4.69) is 4.99 Å². The van der Waals surface area contributed by atoms with Gasteiger partial charge in [-0.2, -0.15) is 4.99 Å². The van der Waals surface area contributed by atoms with Crippen LogP contribution in [0, 0.1) is 5.82 Å². The maximum Gasteiger partial charge on any atom is 0.441 e.